The lowest BCUT2D eigenvalue weighted by atomic mass is 10.2. The maximum absolute atomic E-state index is 8.58. The fourth-order valence-corrected chi connectivity index (χ4v) is 0.881. The van der Waals surface area contributed by atoms with Crippen LogP contribution in [0.15, 0.2) is 0 Å². The molecule has 0 spiro atoms. The zero-order chi connectivity index (χ0) is 7.98. The molecule has 0 aromatic rings. The summed E-state index contributed by atoms with van der Waals surface area (Å²) in [6, 6.07) is 1.02. The maximum Gasteiger partial charge on any atom is 0.0445 e. The molecule has 2 atom stereocenters. The number of rotatable bonds is 5. The molecule has 0 saturated heterocycles. The Kier molecular flexibility index (Phi) is 5.64. The lowest BCUT2D eigenvalue weighted by Gasteiger charge is -2.17. The van der Waals surface area contributed by atoms with E-state index >= 15 is 0 Å². The highest BCUT2D eigenvalue weighted by atomic mass is 16.3. The molecule has 0 aromatic carbocycles. The first kappa shape index (κ1) is 9.92. The van der Waals surface area contributed by atoms with Crippen LogP contribution in [0, 0.1) is 0 Å². The van der Waals surface area contributed by atoms with Gasteiger partial charge in [-0.05, 0) is 26.7 Å². The van der Waals surface area contributed by atoms with Crippen molar-refractivity contribution in [1.29, 1.82) is 0 Å². The van der Waals surface area contributed by atoms with Crippen LogP contribution in [-0.4, -0.2) is 23.8 Å². The minimum atomic E-state index is 0.282. The Balaban J connectivity index is 3.27. The molecular weight excluding hydrogens is 126 g/mol. The van der Waals surface area contributed by atoms with Gasteiger partial charge in [0.05, 0.1) is 0 Å². The van der Waals surface area contributed by atoms with Gasteiger partial charge in [-0.3, -0.25) is 0 Å². The Morgan fingerprint density at radius 2 is 1.90 bits per heavy atom. The van der Waals surface area contributed by atoms with E-state index in [0.717, 1.165) is 12.8 Å². The normalized spacial score (nSPS) is 16.8. The summed E-state index contributed by atoms with van der Waals surface area (Å²) in [5.74, 6) is 0. The lowest BCUT2D eigenvalue weighted by Crippen LogP contribution is -2.34. The van der Waals surface area contributed by atoms with E-state index in [1.807, 2.05) is 0 Å². The second-order valence-electron chi connectivity index (χ2n) is 2.89. The summed E-state index contributed by atoms with van der Waals surface area (Å²) in [5, 5.41) is 12.0. The summed E-state index contributed by atoms with van der Waals surface area (Å²) >= 11 is 0. The molecule has 10 heavy (non-hydrogen) atoms. The molecule has 0 amide bonds. The van der Waals surface area contributed by atoms with Crippen LogP contribution in [0.25, 0.3) is 0 Å². The molecule has 2 heteroatoms. The van der Waals surface area contributed by atoms with Crippen molar-refractivity contribution in [2.24, 2.45) is 0 Å². The van der Waals surface area contributed by atoms with E-state index in [9.17, 15) is 0 Å². The number of hydrogen-bond donors (Lipinski definition) is 2. The Bertz CT molecular complexity index is 75.7. The van der Waals surface area contributed by atoms with Crippen LogP contribution in [0.4, 0.5) is 0 Å². The second-order valence-corrected chi connectivity index (χ2v) is 2.89. The molecule has 0 saturated carbocycles. The van der Waals surface area contributed by atoms with Gasteiger partial charge in [0.1, 0.15) is 0 Å². The summed E-state index contributed by atoms with van der Waals surface area (Å²) in [7, 11) is 0. The van der Waals surface area contributed by atoms with Gasteiger partial charge >= 0.3 is 0 Å². The SMILES string of the molecule is CCC(C)N[C@@H](C)CCO. The first-order valence-electron chi connectivity index (χ1n) is 4.07. The van der Waals surface area contributed by atoms with Crippen molar-refractivity contribution in [3.05, 3.63) is 0 Å². The number of hydrogen-bond acceptors (Lipinski definition) is 2. The summed E-state index contributed by atoms with van der Waals surface area (Å²) in [6.07, 6.45) is 2.00. The molecule has 0 aliphatic heterocycles. The average molecular weight is 145 g/mol. The van der Waals surface area contributed by atoms with Gasteiger partial charge in [0, 0.05) is 18.7 Å². The largest absolute Gasteiger partial charge is 0.396 e. The highest BCUT2D eigenvalue weighted by molar-refractivity contribution is 4.64. The Labute approximate surface area is 63.6 Å². The van der Waals surface area contributed by atoms with Crippen LogP contribution in [0.5, 0.6) is 0 Å². The van der Waals surface area contributed by atoms with E-state index in [2.05, 4.69) is 26.1 Å². The van der Waals surface area contributed by atoms with Crippen LogP contribution in [0.3, 0.4) is 0 Å². The predicted octanol–water partition coefficient (Wildman–Crippen LogP) is 1.15. The van der Waals surface area contributed by atoms with Gasteiger partial charge in [0.25, 0.3) is 0 Å². The molecule has 2 nitrogen and oxygen atoms in total. The molecule has 0 radical (unpaired) electrons. The molecule has 0 fully saturated rings. The molecule has 0 rings (SSSR count). The molecule has 0 aromatic heterocycles. The van der Waals surface area contributed by atoms with Crippen LogP contribution in [0.2, 0.25) is 0 Å². The lowest BCUT2D eigenvalue weighted by molar-refractivity contribution is 0.263. The first-order chi connectivity index (χ1) is 4.70. The van der Waals surface area contributed by atoms with E-state index in [-0.39, 0.29) is 6.61 Å². The van der Waals surface area contributed by atoms with Crippen molar-refractivity contribution in [3.8, 4) is 0 Å². The second kappa shape index (κ2) is 5.69. The molecule has 0 bridgehead atoms. The van der Waals surface area contributed by atoms with Gasteiger partial charge in [-0.15, -0.1) is 0 Å². The zero-order valence-corrected chi connectivity index (χ0v) is 7.22. The molecule has 0 aliphatic carbocycles. The van der Waals surface area contributed by atoms with Gasteiger partial charge in [-0.25, -0.2) is 0 Å². The predicted molar refractivity (Wildman–Crippen MR) is 44.1 cm³/mol. The molecule has 0 aliphatic rings. The van der Waals surface area contributed by atoms with Gasteiger partial charge in [0.15, 0.2) is 0 Å². The highest BCUT2D eigenvalue weighted by Gasteiger charge is 2.03. The fourth-order valence-electron chi connectivity index (χ4n) is 0.881. The summed E-state index contributed by atoms with van der Waals surface area (Å²) in [4.78, 5) is 0. The van der Waals surface area contributed by atoms with E-state index in [4.69, 9.17) is 5.11 Å². The standard InChI is InChI=1S/C8H19NO/c1-4-7(2)9-8(3)5-6-10/h7-10H,4-6H2,1-3H3/t7?,8-/m0/s1. The Morgan fingerprint density at radius 1 is 1.30 bits per heavy atom. The molecule has 62 valence electrons. The first-order valence-corrected chi connectivity index (χ1v) is 4.07. The number of aliphatic hydroxyl groups excluding tert-OH is 1. The quantitative estimate of drug-likeness (QED) is 0.608. The van der Waals surface area contributed by atoms with Gasteiger partial charge in [-0.2, -0.15) is 0 Å². The molecule has 1 unspecified atom stereocenters. The fraction of sp³-hybridized carbons (Fsp3) is 1.00. The summed E-state index contributed by atoms with van der Waals surface area (Å²) < 4.78 is 0. The van der Waals surface area contributed by atoms with Crippen LogP contribution in [0.1, 0.15) is 33.6 Å². The summed E-state index contributed by atoms with van der Waals surface area (Å²) in [6.45, 7) is 6.70. The monoisotopic (exact) mass is 145 g/mol. The van der Waals surface area contributed by atoms with Crippen LogP contribution in [-0.2, 0) is 0 Å². The zero-order valence-electron chi connectivity index (χ0n) is 7.22. The molecular formula is C8H19NO. The van der Waals surface area contributed by atoms with E-state index in [1.165, 1.54) is 0 Å². The molecule has 2 N–H and O–H groups in total. The maximum atomic E-state index is 8.58. The van der Waals surface area contributed by atoms with Gasteiger partial charge in [0.2, 0.25) is 0 Å². The third-order valence-corrected chi connectivity index (χ3v) is 1.74. The number of aliphatic hydroxyl groups is 1. The van der Waals surface area contributed by atoms with Crippen molar-refractivity contribution >= 4 is 0 Å². The van der Waals surface area contributed by atoms with Crippen LogP contribution >= 0.6 is 0 Å². The van der Waals surface area contributed by atoms with E-state index in [1.54, 1.807) is 0 Å². The minimum Gasteiger partial charge on any atom is -0.396 e. The van der Waals surface area contributed by atoms with Crippen molar-refractivity contribution < 1.29 is 5.11 Å². The highest BCUT2D eigenvalue weighted by Crippen LogP contribution is 1.94. The summed E-state index contributed by atoms with van der Waals surface area (Å²) in [5.41, 5.74) is 0. The van der Waals surface area contributed by atoms with Crippen molar-refractivity contribution in [3.63, 3.8) is 0 Å². The Morgan fingerprint density at radius 3 is 2.30 bits per heavy atom. The topological polar surface area (TPSA) is 32.3 Å². The average Bonchev–Trinajstić information content (AvgIpc) is 1.88. The molecule has 0 heterocycles. The van der Waals surface area contributed by atoms with Gasteiger partial charge < -0.3 is 10.4 Å². The van der Waals surface area contributed by atoms with Crippen molar-refractivity contribution in [1.82, 2.24) is 5.32 Å². The smallest absolute Gasteiger partial charge is 0.0445 e. The van der Waals surface area contributed by atoms with E-state index < -0.39 is 0 Å². The third-order valence-electron chi connectivity index (χ3n) is 1.74. The van der Waals surface area contributed by atoms with Crippen molar-refractivity contribution in [2.45, 2.75) is 45.7 Å². The van der Waals surface area contributed by atoms with Crippen LogP contribution < -0.4 is 5.32 Å². The number of nitrogens with one attached hydrogen (secondary N) is 1. The van der Waals surface area contributed by atoms with E-state index in [0.29, 0.717) is 12.1 Å². The Hall–Kier alpha value is -0.0800. The minimum absolute atomic E-state index is 0.282. The third kappa shape index (κ3) is 4.77. The van der Waals surface area contributed by atoms with Crippen molar-refractivity contribution in [2.75, 3.05) is 6.61 Å². The van der Waals surface area contributed by atoms with Gasteiger partial charge in [-0.1, -0.05) is 6.92 Å².